The summed E-state index contributed by atoms with van der Waals surface area (Å²) in [5.41, 5.74) is 0.431. The molecule has 0 fully saturated rings. The van der Waals surface area contributed by atoms with Gasteiger partial charge in [-0.25, -0.2) is 4.39 Å². The van der Waals surface area contributed by atoms with Crippen LogP contribution in [-0.4, -0.2) is 18.7 Å². The Morgan fingerprint density at radius 1 is 1.35 bits per heavy atom. The second-order valence-corrected chi connectivity index (χ2v) is 6.04. The van der Waals surface area contributed by atoms with E-state index in [9.17, 15) is 14.0 Å². The lowest BCUT2D eigenvalue weighted by Crippen LogP contribution is -2.12. The molecule has 0 aliphatic heterocycles. The van der Waals surface area contributed by atoms with Crippen molar-refractivity contribution in [1.82, 2.24) is 0 Å². The monoisotopic (exact) mass is 332 g/mol. The van der Waals surface area contributed by atoms with Gasteiger partial charge in [0.2, 0.25) is 5.78 Å². The number of Topliss-reactive ketones (excluding diaryl/α,β-unsaturated/α-hetero) is 1. The number of benzene rings is 1. The van der Waals surface area contributed by atoms with Crippen LogP contribution in [0.5, 0.6) is 5.75 Å². The molecule has 0 saturated carbocycles. The van der Waals surface area contributed by atoms with E-state index >= 15 is 0 Å². The van der Waals surface area contributed by atoms with Crippen LogP contribution < -0.4 is 4.74 Å². The first-order valence-electron chi connectivity index (χ1n) is 5.37. The predicted octanol–water partition coefficient (Wildman–Crippen LogP) is 4.27. The number of thiophene rings is 1. The number of hydrogen-bond donors (Lipinski definition) is 0. The van der Waals surface area contributed by atoms with Crippen LogP contribution in [0.4, 0.5) is 4.39 Å². The maximum Gasteiger partial charge on any atom is 0.202 e. The van der Waals surface area contributed by atoms with Crippen LogP contribution >= 0.6 is 34.5 Å². The number of carbonyl (C=O) groups excluding carboxylic acids is 2. The van der Waals surface area contributed by atoms with Crippen LogP contribution in [0.2, 0.25) is 8.67 Å². The van der Waals surface area contributed by atoms with Gasteiger partial charge in [0, 0.05) is 5.56 Å². The average Bonchev–Trinajstić information content (AvgIpc) is 2.76. The van der Waals surface area contributed by atoms with Crippen molar-refractivity contribution >= 4 is 46.6 Å². The van der Waals surface area contributed by atoms with Gasteiger partial charge in [0.05, 0.1) is 9.90 Å². The molecule has 1 aromatic heterocycles. The average molecular weight is 333 g/mol. The molecule has 0 amide bonds. The quantitative estimate of drug-likeness (QED) is 0.606. The number of aldehydes is 1. The highest BCUT2D eigenvalue weighted by molar-refractivity contribution is 7.20. The largest absolute Gasteiger partial charge is 0.482 e. The lowest BCUT2D eigenvalue weighted by atomic mass is 10.2. The number of ether oxygens (including phenoxy) is 1. The van der Waals surface area contributed by atoms with Crippen LogP contribution in [0.1, 0.15) is 20.7 Å². The van der Waals surface area contributed by atoms with E-state index < -0.39 is 11.6 Å². The lowest BCUT2D eigenvalue weighted by Gasteiger charge is -2.06. The van der Waals surface area contributed by atoms with E-state index in [-0.39, 0.29) is 27.8 Å². The fraction of sp³-hybridized carbons (Fsp3) is 0.0769. The first-order chi connectivity index (χ1) is 9.51. The Morgan fingerprint density at radius 2 is 2.10 bits per heavy atom. The van der Waals surface area contributed by atoms with Gasteiger partial charge in [-0.15, -0.1) is 11.3 Å². The zero-order valence-corrected chi connectivity index (χ0v) is 12.2. The summed E-state index contributed by atoms with van der Waals surface area (Å²) in [6.45, 7) is -0.371. The van der Waals surface area contributed by atoms with Crippen molar-refractivity contribution in [2.45, 2.75) is 0 Å². The first kappa shape index (κ1) is 15.0. The maximum atomic E-state index is 13.5. The summed E-state index contributed by atoms with van der Waals surface area (Å²) in [7, 11) is 0. The van der Waals surface area contributed by atoms with Gasteiger partial charge in [-0.05, 0) is 24.3 Å². The number of halogens is 3. The third kappa shape index (κ3) is 3.36. The van der Waals surface area contributed by atoms with Crippen LogP contribution in [0.3, 0.4) is 0 Å². The Morgan fingerprint density at radius 3 is 2.65 bits per heavy atom. The molecule has 2 rings (SSSR count). The van der Waals surface area contributed by atoms with E-state index in [0.717, 1.165) is 17.4 Å². The molecule has 2 aromatic rings. The molecule has 0 unspecified atom stereocenters. The van der Waals surface area contributed by atoms with Crippen molar-refractivity contribution in [1.29, 1.82) is 0 Å². The van der Waals surface area contributed by atoms with Gasteiger partial charge in [0.1, 0.15) is 10.6 Å². The van der Waals surface area contributed by atoms with Crippen LogP contribution in [0.25, 0.3) is 0 Å². The fourth-order valence-corrected chi connectivity index (χ4v) is 2.96. The van der Waals surface area contributed by atoms with E-state index in [0.29, 0.717) is 10.6 Å². The van der Waals surface area contributed by atoms with Gasteiger partial charge in [-0.2, -0.15) is 0 Å². The molecule has 0 bridgehead atoms. The normalized spacial score (nSPS) is 10.3. The van der Waals surface area contributed by atoms with Gasteiger partial charge in [-0.3, -0.25) is 9.59 Å². The topological polar surface area (TPSA) is 43.4 Å². The van der Waals surface area contributed by atoms with Crippen molar-refractivity contribution in [2.75, 3.05) is 6.61 Å². The summed E-state index contributed by atoms with van der Waals surface area (Å²) in [5.74, 6) is -1.23. The van der Waals surface area contributed by atoms with Crippen LogP contribution in [0.15, 0.2) is 24.3 Å². The summed E-state index contributed by atoms with van der Waals surface area (Å²) in [6, 6.07) is 5.15. The van der Waals surface area contributed by atoms with Crippen molar-refractivity contribution in [3.05, 3.63) is 49.9 Å². The van der Waals surface area contributed by atoms with Crippen LogP contribution in [-0.2, 0) is 0 Å². The molecule has 3 nitrogen and oxygen atoms in total. The fourth-order valence-electron chi connectivity index (χ4n) is 1.46. The second-order valence-electron chi connectivity index (χ2n) is 3.76. The zero-order chi connectivity index (χ0) is 14.7. The standard InChI is InChI=1S/C13H7Cl2FO3S/c14-12-4-8(13(15)20-12)10(18)6-19-11-2-1-7(5-17)3-9(11)16/h1-5H,6H2. The molecule has 0 aliphatic carbocycles. The van der Waals surface area contributed by atoms with Gasteiger partial charge < -0.3 is 4.74 Å². The molecular weight excluding hydrogens is 326 g/mol. The van der Waals surface area contributed by atoms with Crippen molar-refractivity contribution in [3.63, 3.8) is 0 Å². The highest BCUT2D eigenvalue weighted by Crippen LogP contribution is 2.31. The molecule has 0 aliphatic rings. The molecule has 0 atom stereocenters. The molecule has 7 heteroatoms. The minimum atomic E-state index is -0.711. The van der Waals surface area contributed by atoms with E-state index in [1.165, 1.54) is 18.2 Å². The smallest absolute Gasteiger partial charge is 0.202 e. The summed E-state index contributed by atoms with van der Waals surface area (Å²) in [6.07, 6.45) is 0.519. The third-order valence-electron chi connectivity index (χ3n) is 2.41. The highest BCUT2D eigenvalue weighted by atomic mass is 35.5. The van der Waals surface area contributed by atoms with E-state index in [4.69, 9.17) is 27.9 Å². The second kappa shape index (κ2) is 6.35. The first-order valence-corrected chi connectivity index (χ1v) is 6.94. The number of ketones is 1. The summed E-state index contributed by atoms with van der Waals surface area (Å²) in [4.78, 5) is 22.3. The number of hydrogen-bond acceptors (Lipinski definition) is 4. The molecule has 104 valence electrons. The molecular formula is C13H7Cl2FO3S. The molecule has 0 saturated heterocycles. The molecule has 1 aromatic carbocycles. The Labute approximate surface area is 127 Å². The lowest BCUT2D eigenvalue weighted by molar-refractivity contribution is 0.0919. The Hall–Kier alpha value is -1.43. The van der Waals surface area contributed by atoms with E-state index in [1.807, 2.05) is 0 Å². The van der Waals surface area contributed by atoms with Crippen molar-refractivity contribution in [3.8, 4) is 5.75 Å². The van der Waals surface area contributed by atoms with Crippen molar-refractivity contribution in [2.24, 2.45) is 0 Å². The Kier molecular flexibility index (Phi) is 4.75. The van der Waals surface area contributed by atoms with Gasteiger partial charge in [0.25, 0.3) is 0 Å². The highest BCUT2D eigenvalue weighted by Gasteiger charge is 2.15. The SMILES string of the molecule is O=Cc1ccc(OCC(=O)c2cc(Cl)sc2Cl)c(F)c1. The third-order valence-corrected chi connectivity index (χ3v) is 3.90. The van der Waals surface area contributed by atoms with E-state index in [2.05, 4.69) is 0 Å². The van der Waals surface area contributed by atoms with Crippen LogP contribution in [0, 0.1) is 5.82 Å². The minimum Gasteiger partial charge on any atom is -0.482 e. The van der Waals surface area contributed by atoms with Crippen molar-refractivity contribution < 1.29 is 18.7 Å². The molecule has 20 heavy (non-hydrogen) atoms. The maximum absolute atomic E-state index is 13.5. The summed E-state index contributed by atoms with van der Waals surface area (Å²) < 4.78 is 19.3. The zero-order valence-electron chi connectivity index (χ0n) is 9.86. The van der Waals surface area contributed by atoms with Gasteiger partial charge >= 0.3 is 0 Å². The minimum absolute atomic E-state index is 0.110. The molecule has 0 spiro atoms. The van der Waals surface area contributed by atoms with E-state index in [1.54, 1.807) is 0 Å². The number of rotatable bonds is 5. The molecule has 0 radical (unpaired) electrons. The van der Waals surface area contributed by atoms with Gasteiger partial charge in [-0.1, -0.05) is 23.2 Å². The Balaban J connectivity index is 2.07. The molecule has 1 heterocycles. The number of carbonyl (C=O) groups is 2. The Bertz CT molecular complexity index is 670. The van der Waals surface area contributed by atoms with Gasteiger partial charge in [0.15, 0.2) is 18.2 Å². The molecule has 0 N–H and O–H groups in total. The summed E-state index contributed by atoms with van der Waals surface area (Å²) in [5, 5.41) is 0. The summed E-state index contributed by atoms with van der Waals surface area (Å²) >= 11 is 12.6. The predicted molar refractivity (Wildman–Crippen MR) is 76.0 cm³/mol.